The number of nitrogens with one attached hydrogen (secondary N) is 1. The molecule has 106 valence electrons. The molecule has 2 aromatic carbocycles. The molecule has 0 aliphatic rings. The van der Waals surface area contributed by atoms with Crippen molar-refractivity contribution in [3.05, 3.63) is 70.2 Å². The van der Waals surface area contributed by atoms with Gasteiger partial charge in [0.15, 0.2) is 0 Å². The zero-order valence-electron chi connectivity index (χ0n) is 11.2. The van der Waals surface area contributed by atoms with Crippen LogP contribution in [0, 0.1) is 11.6 Å². The lowest BCUT2D eigenvalue weighted by Gasteiger charge is -2.18. The first-order valence-electron chi connectivity index (χ1n) is 6.53. The van der Waals surface area contributed by atoms with Crippen LogP contribution in [0.25, 0.3) is 0 Å². The molecule has 0 bridgehead atoms. The molecule has 0 fully saturated rings. The van der Waals surface area contributed by atoms with E-state index in [1.807, 2.05) is 31.2 Å². The van der Waals surface area contributed by atoms with Gasteiger partial charge >= 0.3 is 0 Å². The maximum atomic E-state index is 13.6. The van der Waals surface area contributed by atoms with E-state index in [2.05, 4.69) is 5.32 Å². The van der Waals surface area contributed by atoms with Crippen molar-refractivity contribution in [3.63, 3.8) is 0 Å². The van der Waals surface area contributed by atoms with Crippen molar-refractivity contribution >= 4 is 11.6 Å². The molecule has 0 saturated carbocycles. The fourth-order valence-corrected chi connectivity index (χ4v) is 2.33. The molecule has 4 heteroatoms. The van der Waals surface area contributed by atoms with Crippen LogP contribution in [0.2, 0.25) is 5.02 Å². The van der Waals surface area contributed by atoms with Gasteiger partial charge in [-0.2, -0.15) is 0 Å². The average molecular weight is 296 g/mol. The minimum atomic E-state index is -0.431. The van der Waals surface area contributed by atoms with Gasteiger partial charge in [-0.3, -0.25) is 0 Å². The van der Waals surface area contributed by atoms with Crippen LogP contribution in [0.15, 0.2) is 42.5 Å². The summed E-state index contributed by atoms with van der Waals surface area (Å²) in [5.74, 6) is -0.834. The Morgan fingerprint density at radius 1 is 1.15 bits per heavy atom. The van der Waals surface area contributed by atoms with Crippen LogP contribution in [0.1, 0.15) is 30.5 Å². The molecular weight excluding hydrogens is 280 g/mol. The first kappa shape index (κ1) is 14.9. The van der Waals surface area contributed by atoms with Gasteiger partial charge in [0.25, 0.3) is 0 Å². The van der Waals surface area contributed by atoms with E-state index in [1.54, 1.807) is 0 Å². The minimum absolute atomic E-state index is 0.0522. The fourth-order valence-electron chi connectivity index (χ4n) is 2.13. The highest BCUT2D eigenvalue weighted by molar-refractivity contribution is 6.30. The van der Waals surface area contributed by atoms with Crippen LogP contribution in [-0.4, -0.2) is 0 Å². The zero-order chi connectivity index (χ0) is 14.5. The summed E-state index contributed by atoms with van der Waals surface area (Å²) >= 11 is 5.97. The molecule has 0 saturated heterocycles. The van der Waals surface area contributed by atoms with E-state index in [1.165, 1.54) is 6.07 Å². The molecule has 0 aliphatic heterocycles. The highest BCUT2D eigenvalue weighted by Crippen LogP contribution is 2.21. The number of halogens is 3. The van der Waals surface area contributed by atoms with Gasteiger partial charge in [0.2, 0.25) is 0 Å². The molecule has 0 aromatic heterocycles. The number of benzene rings is 2. The number of rotatable bonds is 5. The van der Waals surface area contributed by atoms with Gasteiger partial charge in [0.1, 0.15) is 11.6 Å². The first-order chi connectivity index (χ1) is 9.60. The Labute approximate surface area is 122 Å². The Balaban J connectivity index is 2.09. The summed E-state index contributed by atoms with van der Waals surface area (Å²) in [6.45, 7) is 2.30. The van der Waals surface area contributed by atoms with E-state index in [9.17, 15) is 8.78 Å². The van der Waals surface area contributed by atoms with E-state index in [-0.39, 0.29) is 12.6 Å². The van der Waals surface area contributed by atoms with Crippen molar-refractivity contribution in [2.45, 2.75) is 25.9 Å². The van der Waals surface area contributed by atoms with Gasteiger partial charge in [-0.05, 0) is 42.3 Å². The summed E-state index contributed by atoms with van der Waals surface area (Å²) in [4.78, 5) is 0. The van der Waals surface area contributed by atoms with E-state index >= 15 is 0 Å². The van der Waals surface area contributed by atoms with Crippen molar-refractivity contribution in [1.29, 1.82) is 0 Å². The second-order valence-corrected chi connectivity index (χ2v) is 5.07. The maximum absolute atomic E-state index is 13.6. The van der Waals surface area contributed by atoms with E-state index in [0.717, 1.165) is 24.1 Å². The molecule has 2 rings (SSSR count). The molecule has 0 aliphatic carbocycles. The molecule has 0 radical (unpaired) electrons. The quantitative estimate of drug-likeness (QED) is 0.830. The van der Waals surface area contributed by atoms with E-state index in [4.69, 9.17) is 11.6 Å². The van der Waals surface area contributed by atoms with Crippen molar-refractivity contribution in [3.8, 4) is 0 Å². The highest BCUT2D eigenvalue weighted by Gasteiger charge is 2.11. The summed E-state index contributed by atoms with van der Waals surface area (Å²) in [7, 11) is 0. The van der Waals surface area contributed by atoms with E-state index < -0.39 is 11.6 Å². The molecule has 20 heavy (non-hydrogen) atoms. The first-order valence-corrected chi connectivity index (χ1v) is 6.90. The summed E-state index contributed by atoms with van der Waals surface area (Å²) in [6, 6.07) is 11.1. The van der Waals surface area contributed by atoms with Crippen LogP contribution in [0.5, 0.6) is 0 Å². The summed E-state index contributed by atoms with van der Waals surface area (Å²) in [5.41, 5.74) is 1.36. The Morgan fingerprint density at radius 3 is 2.65 bits per heavy atom. The van der Waals surface area contributed by atoms with Crippen LogP contribution in [-0.2, 0) is 6.54 Å². The SMILES string of the molecule is CCC(NCc1cc(F)ccc1F)c1cccc(Cl)c1. The number of hydrogen-bond donors (Lipinski definition) is 1. The zero-order valence-corrected chi connectivity index (χ0v) is 11.9. The summed E-state index contributed by atoms with van der Waals surface area (Å²) in [5, 5.41) is 3.90. The summed E-state index contributed by atoms with van der Waals surface area (Å²) in [6.07, 6.45) is 0.831. The topological polar surface area (TPSA) is 12.0 Å². The largest absolute Gasteiger partial charge is 0.306 e. The van der Waals surface area contributed by atoms with Gasteiger partial charge in [-0.15, -0.1) is 0 Å². The van der Waals surface area contributed by atoms with Crippen LogP contribution < -0.4 is 5.32 Å². The third kappa shape index (κ3) is 3.78. The van der Waals surface area contributed by atoms with Gasteiger partial charge in [-0.1, -0.05) is 30.7 Å². The van der Waals surface area contributed by atoms with Gasteiger partial charge < -0.3 is 5.32 Å². The lowest BCUT2D eigenvalue weighted by atomic mass is 10.0. The monoisotopic (exact) mass is 295 g/mol. The van der Waals surface area contributed by atoms with Gasteiger partial charge in [-0.25, -0.2) is 8.78 Å². The lowest BCUT2D eigenvalue weighted by molar-refractivity contribution is 0.500. The van der Waals surface area contributed by atoms with Crippen LogP contribution in [0.4, 0.5) is 8.78 Å². The van der Waals surface area contributed by atoms with Crippen LogP contribution >= 0.6 is 11.6 Å². The molecule has 1 nitrogen and oxygen atoms in total. The second-order valence-electron chi connectivity index (χ2n) is 4.63. The predicted octanol–water partition coefficient (Wildman–Crippen LogP) is 4.86. The van der Waals surface area contributed by atoms with Crippen molar-refractivity contribution in [2.75, 3.05) is 0 Å². The Morgan fingerprint density at radius 2 is 1.95 bits per heavy atom. The Bertz CT molecular complexity index is 586. The average Bonchev–Trinajstić information content (AvgIpc) is 2.43. The Kier molecular flexibility index (Phi) is 5.10. The molecule has 1 atom stereocenters. The van der Waals surface area contributed by atoms with Crippen molar-refractivity contribution < 1.29 is 8.78 Å². The molecule has 1 unspecified atom stereocenters. The molecule has 2 aromatic rings. The highest BCUT2D eigenvalue weighted by atomic mass is 35.5. The molecule has 0 spiro atoms. The van der Waals surface area contributed by atoms with Crippen molar-refractivity contribution in [1.82, 2.24) is 5.32 Å². The van der Waals surface area contributed by atoms with Crippen LogP contribution in [0.3, 0.4) is 0 Å². The molecular formula is C16H16ClF2N. The molecule has 1 N–H and O–H groups in total. The number of hydrogen-bond acceptors (Lipinski definition) is 1. The lowest BCUT2D eigenvalue weighted by Crippen LogP contribution is -2.21. The molecule has 0 amide bonds. The van der Waals surface area contributed by atoms with Crippen molar-refractivity contribution in [2.24, 2.45) is 0 Å². The predicted molar refractivity (Wildman–Crippen MR) is 77.7 cm³/mol. The maximum Gasteiger partial charge on any atom is 0.127 e. The normalized spacial score (nSPS) is 12.4. The van der Waals surface area contributed by atoms with Gasteiger partial charge in [0.05, 0.1) is 0 Å². The third-order valence-electron chi connectivity index (χ3n) is 3.21. The molecule has 0 heterocycles. The minimum Gasteiger partial charge on any atom is -0.306 e. The van der Waals surface area contributed by atoms with Gasteiger partial charge in [0, 0.05) is 23.2 Å². The Hall–Kier alpha value is -1.45. The van der Waals surface area contributed by atoms with E-state index in [0.29, 0.717) is 10.6 Å². The fraction of sp³-hybridized carbons (Fsp3) is 0.250. The standard InChI is InChI=1S/C16H16ClF2N/c1-2-16(11-4-3-5-13(17)8-11)20-10-12-9-14(18)6-7-15(12)19/h3-9,16,20H,2,10H2,1H3. The summed E-state index contributed by atoms with van der Waals surface area (Å²) < 4.78 is 26.7. The second kappa shape index (κ2) is 6.82. The smallest absolute Gasteiger partial charge is 0.127 e. The third-order valence-corrected chi connectivity index (χ3v) is 3.44.